The molecule has 3 aromatic rings. The number of alkyl halides is 3. The van der Waals surface area contributed by atoms with Gasteiger partial charge in [0.2, 0.25) is 0 Å². The van der Waals surface area contributed by atoms with Gasteiger partial charge in [-0.25, -0.2) is 0 Å². The first-order chi connectivity index (χ1) is 11.8. The molecule has 25 heavy (non-hydrogen) atoms. The minimum Gasteiger partial charge on any atom is -0.361 e. The molecule has 1 aromatic heterocycles. The number of H-pyrrole nitrogens is 1. The summed E-state index contributed by atoms with van der Waals surface area (Å²) in [6.45, 7) is 2.35. The van der Waals surface area contributed by atoms with Gasteiger partial charge in [-0.05, 0) is 49.2 Å². The van der Waals surface area contributed by atoms with Crippen molar-refractivity contribution in [3.05, 3.63) is 70.9 Å². The highest BCUT2D eigenvalue weighted by molar-refractivity contribution is 5.94. The van der Waals surface area contributed by atoms with Crippen molar-refractivity contribution in [1.82, 2.24) is 10.3 Å². The van der Waals surface area contributed by atoms with Crippen molar-refractivity contribution in [2.24, 2.45) is 0 Å². The zero-order valence-electron chi connectivity index (χ0n) is 13.6. The van der Waals surface area contributed by atoms with Crippen LogP contribution in [0.5, 0.6) is 0 Å². The molecule has 0 radical (unpaired) electrons. The van der Waals surface area contributed by atoms with Gasteiger partial charge in [0.25, 0.3) is 5.91 Å². The Bertz CT molecular complexity index is 912. The van der Waals surface area contributed by atoms with Gasteiger partial charge in [0.05, 0.1) is 5.56 Å². The predicted octanol–water partition coefficient (Wildman–Crippen LogP) is 4.47. The molecule has 0 aliphatic rings. The number of amides is 1. The zero-order chi connectivity index (χ0) is 18.0. The van der Waals surface area contributed by atoms with Gasteiger partial charge in [0.15, 0.2) is 0 Å². The highest BCUT2D eigenvalue weighted by Gasteiger charge is 2.30. The number of aryl methyl sites for hydroxylation is 1. The first kappa shape index (κ1) is 17.1. The maximum atomic E-state index is 12.7. The van der Waals surface area contributed by atoms with Crippen molar-refractivity contribution in [3.63, 3.8) is 0 Å². The Hall–Kier alpha value is -2.76. The Morgan fingerprint density at radius 1 is 1.16 bits per heavy atom. The first-order valence-electron chi connectivity index (χ1n) is 7.86. The van der Waals surface area contributed by atoms with Crippen molar-refractivity contribution in [2.75, 3.05) is 6.54 Å². The van der Waals surface area contributed by atoms with Crippen LogP contribution in [0.15, 0.2) is 48.7 Å². The number of hydrogen-bond donors (Lipinski definition) is 2. The molecule has 1 amide bonds. The van der Waals surface area contributed by atoms with Gasteiger partial charge in [0, 0.05) is 29.2 Å². The average molecular weight is 346 g/mol. The van der Waals surface area contributed by atoms with Crippen LogP contribution in [0, 0.1) is 6.92 Å². The van der Waals surface area contributed by atoms with E-state index in [0.29, 0.717) is 13.0 Å². The third kappa shape index (κ3) is 3.84. The van der Waals surface area contributed by atoms with Crippen LogP contribution in [0.1, 0.15) is 27.0 Å². The number of aromatic amines is 1. The summed E-state index contributed by atoms with van der Waals surface area (Å²) >= 11 is 0. The van der Waals surface area contributed by atoms with Gasteiger partial charge >= 0.3 is 6.18 Å². The van der Waals surface area contributed by atoms with Gasteiger partial charge in [0.1, 0.15) is 0 Å². The fraction of sp³-hybridized carbons (Fsp3) is 0.211. The normalized spacial score (nSPS) is 11.7. The second-order valence-corrected chi connectivity index (χ2v) is 5.95. The molecule has 0 bridgehead atoms. The van der Waals surface area contributed by atoms with E-state index in [1.54, 1.807) is 0 Å². The summed E-state index contributed by atoms with van der Waals surface area (Å²) in [5.74, 6) is -0.512. The molecule has 0 atom stereocenters. The summed E-state index contributed by atoms with van der Waals surface area (Å²) in [6.07, 6.45) is -1.98. The lowest BCUT2D eigenvalue weighted by Gasteiger charge is -2.09. The van der Waals surface area contributed by atoms with Gasteiger partial charge in [-0.15, -0.1) is 0 Å². The fourth-order valence-corrected chi connectivity index (χ4v) is 2.75. The van der Waals surface area contributed by atoms with E-state index in [1.807, 2.05) is 25.3 Å². The van der Waals surface area contributed by atoms with Crippen LogP contribution < -0.4 is 5.32 Å². The van der Waals surface area contributed by atoms with E-state index in [-0.39, 0.29) is 5.56 Å². The molecular formula is C19H17F3N2O. The molecule has 0 aliphatic heterocycles. The quantitative estimate of drug-likeness (QED) is 0.719. The van der Waals surface area contributed by atoms with E-state index < -0.39 is 17.6 Å². The Labute approximate surface area is 142 Å². The summed E-state index contributed by atoms with van der Waals surface area (Å²) in [6, 6.07) is 10.5. The molecule has 0 unspecified atom stereocenters. The number of halogens is 3. The summed E-state index contributed by atoms with van der Waals surface area (Å²) in [5.41, 5.74) is 2.39. The molecule has 1 heterocycles. The van der Waals surface area contributed by atoms with Gasteiger partial charge in [-0.1, -0.05) is 17.7 Å². The average Bonchev–Trinajstić information content (AvgIpc) is 2.96. The lowest BCUT2D eigenvalue weighted by molar-refractivity contribution is -0.137. The van der Waals surface area contributed by atoms with Crippen LogP contribution in [-0.2, 0) is 12.6 Å². The monoisotopic (exact) mass is 346 g/mol. The standard InChI is InChI=1S/C19H17F3N2O/c1-12-5-6-17-16(9-12)14(11-24-17)7-8-23-18(25)13-3-2-4-15(10-13)19(20,21)22/h2-6,9-11,24H,7-8H2,1H3,(H,23,25). The first-order valence-corrected chi connectivity index (χ1v) is 7.86. The summed E-state index contributed by atoms with van der Waals surface area (Å²) in [5, 5.41) is 3.77. The number of rotatable bonds is 4. The molecule has 130 valence electrons. The predicted molar refractivity (Wildman–Crippen MR) is 90.5 cm³/mol. The highest BCUT2D eigenvalue weighted by atomic mass is 19.4. The molecule has 0 fully saturated rings. The lowest BCUT2D eigenvalue weighted by Crippen LogP contribution is -2.26. The van der Waals surface area contributed by atoms with Crippen LogP contribution in [0.4, 0.5) is 13.2 Å². The maximum Gasteiger partial charge on any atom is 0.416 e. The van der Waals surface area contributed by atoms with Crippen molar-refractivity contribution >= 4 is 16.8 Å². The Morgan fingerprint density at radius 2 is 1.96 bits per heavy atom. The van der Waals surface area contributed by atoms with E-state index in [4.69, 9.17) is 0 Å². The third-order valence-corrected chi connectivity index (χ3v) is 4.05. The number of hydrogen-bond acceptors (Lipinski definition) is 1. The Morgan fingerprint density at radius 3 is 2.72 bits per heavy atom. The van der Waals surface area contributed by atoms with Crippen LogP contribution in [0.2, 0.25) is 0 Å². The minimum absolute atomic E-state index is 0.00426. The van der Waals surface area contributed by atoms with Crippen LogP contribution in [-0.4, -0.2) is 17.4 Å². The Kier molecular flexibility index (Phi) is 4.53. The lowest BCUT2D eigenvalue weighted by atomic mass is 10.1. The molecule has 6 heteroatoms. The van der Waals surface area contributed by atoms with Crippen molar-refractivity contribution in [3.8, 4) is 0 Å². The second-order valence-electron chi connectivity index (χ2n) is 5.95. The molecule has 3 rings (SSSR count). The van der Waals surface area contributed by atoms with E-state index in [2.05, 4.69) is 16.4 Å². The zero-order valence-corrected chi connectivity index (χ0v) is 13.6. The number of nitrogens with one attached hydrogen (secondary N) is 2. The highest BCUT2D eigenvalue weighted by Crippen LogP contribution is 2.29. The molecule has 2 aromatic carbocycles. The van der Waals surface area contributed by atoms with E-state index in [9.17, 15) is 18.0 Å². The van der Waals surface area contributed by atoms with Gasteiger partial charge < -0.3 is 10.3 Å². The molecule has 2 N–H and O–H groups in total. The molecule has 0 aliphatic carbocycles. The number of fused-ring (bicyclic) bond motifs is 1. The van der Waals surface area contributed by atoms with Crippen LogP contribution >= 0.6 is 0 Å². The van der Waals surface area contributed by atoms with Gasteiger partial charge in [-0.2, -0.15) is 13.2 Å². The molecule has 0 saturated carbocycles. The Balaban J connectivity index is 1.65. The fourth-order valence-electron chi connectivity index (χ4n) is 2.75. The molecule has 3 nitrogen and oxygen atoms in total. The van der Waals surface area contributed by atoms with E-state index in [0.717, 1.165) is 34.2 Å². The van der Waals surface area contributed by atoms with Crippen molar-refractivity contribution in [1.29, 1.82) is 0 Å². The molecular weight excluding hydrogens is 329 g/mol. The number of benzene rings is 2. The summed E-state index contributed by atoms with van der Waals surface area (Å²) in [7, 11) is 0. The van der Waals surface area contributed by atoms with Gasteiger partial charge in [-0.3, -0.25) is 4.79 Å². The van der Waals surface area contributed by atoms with Crippen molar-refractivity contribution in [2.45, 2.75) is 19.5 Å². The largest absolute Gasteiger partial charge is 0.416 e. The molecule has 0 saturated heterocycles. The summed E-state index contributed by atoms with van der Waals surface area (Å²) in [4.78, 5) is 15.3. The third-order valence-electron chi connectivity index (χ3n) is 4.05. The number of carbonyl (C=O) groups excluding carboxylic acids is 1. The second kappa shape index (κ2) is 6.63. The minimum atomic E-state index is -4.46. The number of aromatic nitrogens is 1. The molecule has 0 spiro atoms. The van der Waals surface area contributed by atoms with E-state index >= 15 is 0 Å². The number of carbonyl (C=O) groups is 1. The SMILES string of the molecule is Cc1ccc2[nH]cc(CCNC(=O)c3cccc(C(F)(F)F)c3)c2c1. The smallest absolute Gasteiger partial charge is 0.361 e. The topological polar surface area (TPSA) is 44.9 Å². The van der Waals surface area contributed by atoms with Crippen LogP contribution in [0.3, 0.4) is 0 Å². The summed E-state index contributed by atoms with van der Waals surface area (Å²) < 4.78 is 38.1. The maximum absolute atomic E-state index is 12.7. The van der Waals surface area contributed by atoms with Crippen LogP contribution in [0.25, 0.3) is 10.9 Å². The van der Waals surface area contributed by atoms with E-state index in [1.165, 1.54) is 12.1 Å². The van der Waals surface area contributed by atoms with Crippen molar-refractivity contribution < 1.29 is 18.0 Å².